The second kappa shape index (κ2) is 5.90. The van der Waals surface area contributed by atoms with Crippen LogP contribution in [0, 0.1) is 5.92 Å². The molecule has 4 amide bonds. The Labute approximate surface area is 120 Å². The number of amides is 4. The molecule has 2 fully saturated rings. The van der Waals surface area contributed by atoms with E-state index in [1.807, 2.05) is 0 Å². The molecule has 1 N–H and O–H groups in total. The molecule has 7 heteroatoms. The second-order valence-corrected chi connectivity index (χ2v) is 6.31. The van der Waals surface area contributed by atoms with Gasteiger partial charge in [-0.05, 0) is 18.8 Å². The smallest absolute Gasteiger partial charge is 0.324 e. The highest BCUT2D eigenvalue weighted by Crippen LogP contribution is 2.17. The molecule has 0 bridgehead atoms. The monoisotopic (exact) mass is 331 g/mol. The number of nitrogens with one attached hydrogen (secondary N) is 1. The van der Waals surface area contributed by atoms with E-state index >= 15 is 0 Å². The van der Waals surface area contributed by atoms with Crippen LogP contribution in [-0.4, -0.2) is 58.7 Å². The van der Waals surface area contributed by atoms with Crippen molar-refractivity contribution in [1.29, 1.82) is 0 Å². The summed E-state index contributed by atoms with van der Waals surface area (Å²) in [4.78, 5) is 37.7. The number of carbonyl (C=O) groups excluding carboxylic acids is 3. The molecule has 2 saturated heterocycles. The quantitative estimate of drug-likeness (QED) is 0.752. The Morgan fingerprint density at radius 1 is 1.37 bits per heavy atom. The predicted octanol–water partition coefficient (Wildman–Crippen LogP) is 0.560. The molecule has 0 aromatic rings. The Kier molecular flexibility index (Phi) is 4.44. The van der Waals surface area contributed by atoms with Gasteiger partial charge in [0.15, 0.2) is 0 Å². The molecular weight excluding hydrogens is 314 g/mol. The molecule has 1 unspecified atom stereocenters. The van der Waals surface area contributed by atoms with Gasteiger partial charge in [0.2, 0.25) is 11.8 Å². The topological polar surface area (TPSA) is 69.7 Å². The number of likely N-dealkylation sites (tertiary alicyclic amines) is 1. The molecule has 0 aliphatic carbocycles. The lowest BCUT2D eigenvalue weighted by atomic mass is 9.99. The highest BCUT2D eigenvalue weighted by Gasteiger charge is 2.32. The van der Waals surface area contributed by atoms with Crippen molar-refractivity contribution in [2.24, 2.45) is 5.92 Å². The van der Waals surface area contributed by atoms with Gasteiger partial charge >= 0.3 is 6.03 Å². The number of halogens is 1. The fraction of sp³-hybridized carbons (Fsp3) is 0.750. The number of alkyl halides is 1. The van der Waals surface area contributed by atoms with Gasteiger partial charge in [-0.1, -0.05) is 22.9 Å². The zero-order valence-electron chi connectivity index (χ0n) is 10.9. The van der Waals surface area contributed by atoms with E-state index in [1.165, 1.54) is 4.90 Å². The van der Waals surface area contributed by atoms with Gasteiger partial charge in [-0.15, -0.1) is 0 Å². The zero-order chi connectivity index (χ0) is 14.0. The summed E-state index contributed by atoms with van der Waals surface area (Å²) in [5.74, 6) is 0.267. The molecule has 2 heterocycles. The van der Waals surface area contributed by atoms with E-state index in [0.717, 1.165) is 25.9 Å². The van der Waals surface area contributed by atoms with Crippen molar-refractivity contribution in [3.63, 3.8) is 0 Å². The van der Waals surface area contributed by atoms with E-state index < -0.39 is 10.9 Å². The molecule has 19 heavy (non-hydrogen) atoms. The molecule has 6 nitrogen and oxygen atoms in total. The Hall–Kier alpha value is -1.11. The third-order valence-electron chi connectivity index (χ3n) is 3.64. The summed E-state index contributed by atoms with van der Waals surface area (Å²) in [6, 6.07) is -0.487. The van der Waals surface area contributed by atoms with Crippen LogP contribution in [-0.2, 0) is 9.59 Å². The number of hydrogen-bond acceptors (Lipinski definition) is 3. The van der Waals surface area contributed by atoms with Crippen LogP contribution in [0.15, 0.2) is 0 Å². The second-order valence-electron chi connectivity index (χ2n) is 5.21. The van der Waals surface area contributed by atoms with Crippen molar-refractivity contribution in [2.45, 2.75) is 24.6 Å². The van der Waals surface area contributed by atoms with Crippen molar-refractivity contribution in [3.05, 3.63) is 0 Å². The highest BCUT2D eigenvalue weighted by atomic mass is 79.9. The number of piperidine rings is 1. The molecule has 1 atom stereocenters. The predicted molar refractivity (Wildman–Crippen MR) is 72.8 cm³/mol. The van der Waals surface area contributed by atoms with Gasteiger partial charge in [-0.2, -0.15) is 0 Å². The van der Waals surface area contributed by atoms with Crippen molar-refractivity contribution < 1.29 is 14.4 Å². The van der Waals surface area contributed by atoms with Gasteiger partial charge in [0.25, 0.3) is 0 Å². The van der Waals surface area contributed by atoms with Gasteiger partial charge < -0.3 is 9.80 Å². The van der Waals surface area contributed by atoms with E-state index in [0.29, 0.717) is 5.92 Å². The van der Waals surface area contributed by atoms with Crippen LogP contribution in [0.4, 0.5) is 4.79 Å². The molecule has 2 aliphatic rings. The average molecular weight is 332 g/mol. The van der Waals surface area contributed by atoms with Crippen LogP contribution in [0.5, 0.6) is 0 Å². The zero-order valence-corrected chi connectivity index (χ0v) is 12.5. The average Bonchev–Trinajstić information content (AvgIpc) is 2.36. The Bertz CT molecular complexity index is 394. The summed E-state index contributed by atoms with van der Waals surface area (Å²) in [5, 5.41) is 2.22. The van der Waals surface area contributed by atoms with E-state index in [2.05, 4.69) is 28.2 Å². The minimum Gasteiger partial charge on any atom is -0.341 e. The molecule has 0 radical (unpaired) electrons. The van der Waals surface area contributed by atoms with Crippen LogP contribution >= 0.6 is 15.9 Å². The van der Waals surface area contributed by atoms with Gasteiger partial charge in [0, 0.05) is 19.6 Å². The third-order valence-corrected chi connectivity index (χ3v) is 4.35. The molecular formula is C12H18BrN3O3. The summed E-state index contributed by atoms with van der Waals surface area (Å²) in [6.45, 7) is 3.97. The van der Waals surface area contributed by atoms with Gasteiger partial charge in [-0.3, -0.25) is 14.9 Å². The lowest BCUT2D eigenvalue weighted by molar-refractivity contribution is -0.134. The van der Waals surface area contributed by atoms with E-state index in [4.69, 9.17) is 0 Å². The molecule has 2 rings (SSSR count). The van der Waals surface area contributed by atoms with Crippen LogP contribution in [0.1, 0.15) is 19.8 Å². The number of rotatable bonds is 2. The molecule has 0 spiro atoms. The number of carbonyl (C=O) groups is 3. The fourth-order valence-corrected chi connectivity index (χ4v) is 2.74. The minimum absolute atomic E-state index is 0.0373. The normalized spacial score (nSPS) is 25.5. The maximum atomic E-state index is 12.1. The first kappa shape index (κ1) is 14.3. The standard InChI is InChI=1S/C12H18BrN3O3/c1-8-2-4-15(5-3-8)10(17)7-16-6-9(13)11(18)14-12(16)19/h8-9H,2-7H2,1H3,(H,14,18,19). The Morgan fingerprint density at radius 2 is 2.00 bits per heavy atom. The lowest BCUT2D eigenvalue weighted by Gasteiger charge is -2.34. The number of urea groups is 1. The number of hydrogen-bond donors (Lipinski definition) is 1. The van der Waals surface area contributed by atoms with E-state index in [-0.39, 0.29) is 24.9 Å². The summed E-state index contributed by atoms with van der Waals surface area (Å²) in [6.07, 6.45) is 2.02. The first-order valence-corrected chi connectivity index (χ1v) is 7.40. The van der Waals surface area contributed by atoms with Crippen molar-refractivity contribution in [3.8, 4) is 0 Å². The van der Waals surface area contributed by atoms with Gasteiger partial charge in [-0.25, -0.2) is 4.79 Å². The molecule has 0 aromatic heterocycles. The molecule has 0 saturated carbocycles. The van der Waals surface area contributed by atoms with E-state index in [1.54, 1.807) is 4.90 Å². The van der Waals surface area contributed by atoms with Gasteiger partial charge in [0.1, 0.15) is 11.4 Å². The SMILES string of the molecule is CC1CCN(C(=O)CN2CC(Br)C(=O)NC2=O)CC1. The summed E-state index contributed by atoms with van der Waals surface area (Å²) in [5.41, 5.74) is 0. The number of imide groups is 1. The van der Waals surface area contributed by atoms with Crippen molar-refractivity contribution in [1.82, 2.24) is 15.1 Å². The van der Waals surface area contributed by atoms with Crippen LogP contribution < -0.4 is 5.32 Å². The minimum atomic E-state index is -0.487. The van der Waals surface area contributed by atoms with Crippen molar-refractivity contribution in [2.75, 3.05) is 26.2 Å². The molecule has 106 valence electrons. The number of nitrogens with zero attached hydrogens (tertiary/aromatic N) is 2. The maximum Gasteiger partial charge on any atom is 0.324 e. The molecule has 0 aromatic carbocycles. The summed E-state index contributed by atoms with van der Waals surface area (Å²) in [7, 11) is 0. The first-order chi connectivity index (χ1) is 8.97. The third kappa shape index (κ3) is 3.46. The van der Waals surface area contributed by atoms with E-state index in [9.17, 15) is 14.4 Å². The Balaban J connectivity index is 1.88. The largest absolute Gasteiger partial charge is 0.341 e. The summed E-state index contributed by atoms with van der Waals surface area (Å²) >= 11 is 3.18. The summed E-state index contributed by atoms with van der Waals surface area (Å²) < 4.78 is 0. The van der Waals surface area contributed by atoms with Crippen LogP contribution in [0.3, 0.4) is 0 Å². The lowest BCUT2D eigenvalue weighted by Crippen LogP contribution is -2.57. The van der Waals surface area contributed by atoms with Gasteiger partial charge in [0.05, 0.1) is 0 Å². The maximum absolute atomic E-state index is 12.1. The van der Waals surface area contributed by atoms with Crippen LogP contribution in [0.2, 0.25) is 0 Å². The fourth-order valence-electron chi connectivity index (χ4n) is 2.28. The van der Waals surface area contributed by atoms with Crippen LogP contribution in [0.25, 0.3) is 0 Å². The first-order valence-electron chi connectivity index (χ1n) is 6.49. The Morgan fingerprint density at radius 3 is 2.63 bits per heavy atom. The molecule has 2 aliphatic heterocycles. The van der Waals surface area contributed by atoms with Crippen molar-refractivity contribution >= 4 is 33.8 Å². The highest BCUT2D eigenvalue weighted by molar-refractivity contribution is 9.10.